The second-order valence-electron chi connectivity index (χ2n) is 6.62. The molecule has 1 aliphatic heterocycles. The molecule has 1 aromatic heterocycles. The number of fused-ring (bicyclic) bond motifs is 1. The quantitative estimate of drug-likeness (QED) is 0.422. The van der Waals surface area contributed by atoms with Crippen LogP contribution in [0.4, 0.5) is 0 Å². The van der Waals surface area contributed by atoms with E-state index in [-0.39, 0.29) is 11.5 Å². The van der Waals surface area contributed by atoms with Gasteiger partial charge in [-0.15, -0.1) is 0 Å². The van der Waals surface area contributed by atoms with Crippen molar-refractivity contribution in [3.05, 3.63) is 87.6 Å². The molecule has 0 N–H and O–H groups in total. The lowest BCUT2D eigenvalue weighted by Gasteiger charge is -2.28. The molecule has 0 atom stereocenters. The van der Waals surface area contributed by atoms with E-state index in [0.717, 1.165) is 22.0 Å². The Labute approximate surface area is 171 Å². The van der Waals surface area contributed by atoms with Crippen molar-refractivity contribution >= 4 is 27.9 Å². The van der Waals surface area contributed by atoms with E-state index in [1.165, 1.54) is 11.6 Å². The van der Waals surface area contributed by atoms with Gasteiger partial charge in [-0.25, -0.2) is 0 Å². The number of rotatable bonds is 3. The van der Waals surface area contributed by atoms with E-state index in [2.05, 4.69) is 22.0 Å². The summed E-state index contributed by atoms with van der Waals surface area (Å²) in [6, 6.07) is 21.5. The van der Waals surface area contributed by atoms with Gasteiger partial charge < -0.3 is 9.32 Å². The predicted octanol–water partition coefficient (Wildman–Crippen LogP) is 5.20. The molecule has 0 spiro atoms. The maximum absolute atomic E-state index is 12.8. The minimum atomic E-state index is -0.265. The van der Waals surface area contributed by atoms with Crippen molar-refractivity contribution in [3.8, 4) is 17.4 Å². The summed E-state index contributed by atoms with van der Waals surface area (Å²) in [6.07, 6.45) is 2.32. The molecular formula is C23H17BrN2O2. The SMILES string of the molecule is N#C/C(=C\c1ccc(-c2ccc(Br)cc2)o1)C(=O)N1CCc2ccccc2C1. The fourth-order valence-electron chi connectivity index (χ4n) is 3.32. The molecular weight excluding hydrogens is 416 g/mol. The number of benzene rings is 2. The first-order valence-corrected chi connectivity index (χ1v) is 9.77. The minimum absolute atomic E-state index is 0.0797. The largest absolute Gasteiger partial charge is 0.457 e. The van der Waals surface area contributed by atoms with Crippen LogP contribution in [0.1, 0.15) is 16.9 Å². The fraction of sp³-hybridized carbons (Fsp3) is 0.130. The van der Waals surface area contributed by atoms with Crippen molar-refractivity contribution in [1.82, 2.24) is 4.90 Å². The van der Waals surface area contributed by atoms with E-state index < -0.39 is 0 Å². The summed E-state index contributed by atoms with van der Waals surface area (Å²) < 4.78 is 6.81. The van der Waals surface area contributed by atoms with E-state index in [4.69, 9.17) is 4.42 Å². The highest BCUT2D eigenvalue weighted by Gasteiger charge is 2.23. The third kappa shape index (κ3) is 3.78. The summed E-state index contributed by atoms with van der Waals surface area (Å²) in [5.74, 6) is 0.911. The standard InChI is InChI=1S/C23H17BrN2O2/c24-20-7-5-17(6-8-20)22-10-9-21(28-22)13-19(14-25)23(27)26-12-11-16-3-1-2-4-18(16)15-26/h1-10,13H,11-12,15H2/b19-13+. The Bertz CT molecular complexity index is 1090. The maximum atomic E-state index is 12.8. The normalized spacial score (nSPS) is 13.7. The van der Waals surface area contributed by atoms with Crippen molar-refractivity contribution in [2.75, 3.05) is 6.54 Å². The van der Waals surface area contributed by atoms with Crippen molar-refractivity contribution < 1.29 is 9.21 Å². The summed E-state index contributed by atoms with van der Waals surface area (Å²) >= 11 is 3.41. The van der Waals surface area contributed by atoms with Gasteiger partial charge in [0.25, 0.3) is 5.91 Å². The summed E-state index contributed by atoms with van der Waals surface area (Å²) in [6.45, 7) is 1.13. The average Bonchev–Trinajstić information content (AvgIpc) is 3.20. The Kier molecular flexibility index (Phi) is 5.14. The Morgan fingerprint density at radius 1 is 1.07 bits per heavy atom. The van der Waals surface area contributed by atoms with Gasteiger partial charge in [-0.2, -0.15) is 5.26 Å². The van der Waals surface area contributed by atoms with E-state index in [9.17, 15) is 10.1 Å². The third-order valence-electron chi connectivity index (χ3n) is 4.81. The van der Waals surface area contributed by atoms with Gasteiger partial charge in [-0.1, -0.05) is 52.3 Å². The van der Waals surface area contributed by atoms with Crippen LogP contribution in [0.5, 0.6) is 0 Å². The number of nitrogens with zero attached hydrogens (tertiary/aromatic N) is 2. The van der Waals surface area contributed by atoms with Crippen LogP contribution in [0.25, 0.3) is 17.4 Å². The van der Waals surface area contributed by atoms with E-state index in [1.54, 1.807) is 11.0 Å². The number of amides is 1. The maximum Gasteiger partial charge on any atom is 0.264 e. The van der Waals surface area contributed by atoms with Crippen molar-refractivity contribution in [3.63, 3.8) is 0 Å². The molecule has 4 rings (SSSR count). The van der Waals surface area contributed by atoms with Crippen LogP contribution in [0.3, 0.4) is 0 Å². The fourth-order valence-corrected chi connectivity index (χ4v) is 3.59. The minimum Gasteiger partial charge on any atom is -0.457 e. The molecule has 28 heavy (non-hydrogen) atoms. The number of hydrogen-bond donors (Lipinski definition) is 0. The summed E-state index contributed by atoms with van der Waals surface area (Å²) in [5.41, 5.74) is 3.41. The lowest BCUT2D eigenvalue weighted by molar-refractivity contribution is -0.127. The van der Waals surface area contributed by atoms with E-state index >= 15 is 0 Å². The molecule has 2 heterocycles. The monoisotopic (exact) mass is 432 g/mol. The second kappa shape index (κ2) is 7.87. The van der Waals surface area contributed by atoms with Crippen LogP contribution in [-0.2, 0) is 17.8 Å². The second-order valence-corrected chi connectivity index (χ2v) is 7.54. The number of halogens is 1. The molecule has 3 aromatic rings. The van der Waals surface area contributed by atoms with Crippen LogP contribution >= 0.6 is 15.9 Å². The summed E-state index contributed by atoms with van der Waals surface area (Å²) in [7, 11) is 0. The van der Waals surface area contributed by atoms with Gasteiger partial charge in [-0.3, -0.25) is 4.79 Å². The number of hydrogen-bond acceptors (Lipinski definition) is 3. The third-order valence-corrected chi connectivity index (χ3v) is 5.34. The van der Waals surface area contributed by atoms with Gasteiger partial charge in [0, 0.05) is 29.2 Å². The highest BCUT2D eigenvalue weighted by Crippen LogP contribution is 2.26. The number of carbonyl (C=O) groups is 1. The Hall–Kier alpha value is -3.10. The van der Waals surface area contributed by atoms with Gasteiger partial charge >= 0.3 is 0 Å². The molecule has 0 saturated heterocycles. The number of nitriles is 1. The van der Waals surface area contributed by atoms with E-state index in [1.807, 2.05) is 54.6 Å². The Morgan fingerprint density at radius 3 is 2.57 bits per heavy atom. The lowest BCUT2D eigenvalue weighted by Crippen LogP contribution is -2.36. The van der Waals surface area contributed by atoms with E-state index in [0.29, 0.717) is 24.6 Å². The molecule has 0 bridgehead atoms. The van der Waals surface area contributed by atoms with Gasteiger partial charge in [0.1, 0.15) is 23.2 Å². The van der Waals surface area contributed by atoms with Crippen LogP contribution in [0, 0.1) is 11.3 Å². The van der Waals surface area contributed by atoms with Crippen molar-refractivity contribution in [2.24, 2.45) is 0 Å². The molecule has 138 valence electrons. The Balaban J connectivity index is 1.54. The smallest absolute Gasteiger partial charge is 0.264 e. The van der Waals surface area contributed by atoms with Crippen molar-refractivity contribution in [1.29, 1.82) is 5.26 Å². The van der Waals surface area contributed by atoms with Gasteiger partial charge in [0.2, 0.25) is 0 Å². The molecule has 2 aromatic carbocycles. The zero-order chi connectivity index (χ0) is 19.5. The zero-order valence-electron chi connectivity index (χ0n) is 15.1. The highest BCUT2D eigenvalue weighted by molar-refractivity contribution is 9.10. The van der Waals surface area contributed by atoms with Crippen LogP contribution in [0.2, 0.25) is 0 Å². The average molecular weight is 433 g/mol. The molecule has 0 unspecified atom stereocenters. The number of carbonyl (C=O) groups excluding carboxylic acids is 1. The molecule has 0 aliphatic carbocycles. The molecule has 4 nitrogen and oxygen atoms in total. The van der Waals surface area contributed by atoms with Crippen molar-refractivity contribution in [2.45, 2.75) is 13.0 Å². The Morgan fingerprint density at radius 2 is 1.82 bits per heavy atom. The first kappa shape index (κ1) is 18.3. The van der Waals surface area contributed by atoms with Crippen LogP contribution < -0.4 is 0 Å². The predicted molar refractivity (Wildman–Crippen MR) is 111 cm³/mol. The number of furan rings is 1. The van der Waals surface area contributed by atoms with Gasteiger partial charge in [0.15, 0.2) is 0 Å². The molecule has 0 radical (unpaired) electrons. The van der Waals surface area contributed by atoms with Crippen LogP contribution in [-0.4, -0.2) is 17.4 Å². The van der Waals surface area contributed by atoms with Crippen LogP contribution in [0.15, 0.2) is 75.1 Å². The molecule has 1 amide bonds. The summed E-state index contributed by atoms with van der Waals surface area (Å²) in [4.78, 5) is 14.6. The first-order valence-electron chi connectivity index (χ1n) is 8.97. The molecule has 0 saturated carbocycles. The molecule has 5 heteroatoms. The lowest BCUT2D eigenvalue weighted by atomic mass is 9.99. The first-order chi connectivity index (χ1) is 13.6. The zero-order valence-corrected chi connectivity index (χ0v) is 16.6. The van der Waals surface area contributed by atoms with Gasteiger partial charge in [-0.05, 0) is 41.8 Å². The topological polar surface area (TPSA) is 57.2 Å². The molecule has 1 aliphatic rings. The molecule has 0 fully saturated rings. The van der Waals surface area contributed by atoms with Gasteiger partial charge in [0.05, 0.1) is 0 Å². The summed E-state index contributed by atoms with van der Waals surface area (Å²) in [5, 5.41) is 9.53. The highest BCUT2D eigenvalue weighted by atomic mass is 79.9.